The van der Waals surface area contributed by atoms with Gasteiger partial charge in [0.25, 0.3) is 5.91 Å². The second-order valence-corrected chi connectivity index (χ2v) is 7.32. The van der Waals surface area contributed by atoms with E-state index in [1.807, 2.05) is 6.92 Å². The zero-order valence-electron chi connectivity index (χ0n) is 14.9. The number of anilines is 1. The van der Waals surface area contributed by atoms with Gasteiger partial charge in [-0.3, -0.25) is 4.79 Å². The standard InChI is InChI=1S/C19H21FN2O4S/c1-3-11-21-27(24,25)18-13-14(9-10-15(18)20)19(23)22-16-7-5-6-8-17(16)26-12-4-2/h3,5-10,13,21H,1,4,11-12H2,2H3,(H,22,23). The summed E-state index contributed by atoms with van der Waals surface area (Å²) in [7, 11) is -4.10. The second kappa shape index (κ2) is 9.29. The first-order valence-corrected chi connectivity index (χ1v) is 9.80. The van der Waals surface area contributed by atoms with Crippen molar-refractivity contribution in [2.75, 3.05) is 18.5 Å². The lowest BCUT2D eigenvalue weighted by molar-refractivity contribution is 0.102. The number of amides is 1. The summed E-state index contributed by atoms with van der Waals surface area (Å²) in [4.78, 5) is 11.9. The highest BCUT2D eigenvalue weighted by Gasteiger charge is 2.21. The highest BCUT2D eigenvalue weighted by atomic mass is 32.2. The minimum Gasteiger partial charge on any atom is -0.491 e. The molecule has 0 aliphatic carbocycles. The van der Waals surface area contributed by atoms with Crippen molar-refractivity contribution in [1.29, 1.82) is 0 Å². The Morgan fingerprint density at radius 3 is 2.70 bits per heavy atom. The molecule has 2 aromatic rings. The summed E-state index contributed by atoms with van der Waals surface area (Å²) in [6.07, 6.45) is 2.14. The molecule has 0 aromatic heterocycles. The molecule has 2 N–H and O–H groups in total. The molecule has 0 saturated carbocycles. The Morgan fingerprint density at radius 2 is 2.00 bits per heavy atom. The van der Waals surface area contributed by atoms with E-state index in [9.17, 15) is 17.6 Å². The predicted molar refractivity (Wildman–Crippen MR) is 102 cm³/mol. The van der Waals surface area contributed by atoms with Crippen LogP contribution in [0.15, 0.2) is 60.0 Å². The van der Waals surface area contributed by atoms with Crippen LogP contribution in [0.4, 0.5) is 10.1 Å². The van der Waals surface area contributed by atoms with Gasteiger partial charge in [0.15, 0.2) is 0 Å². The van der Waals surface area contributed by atoms with Gasteiger partial charge in [-0.1, -0.05) is 25.1 Å². The topological polar surface area (TPSA) is 84.5 Å². The Kier molecular flexibility index (Phi) is 7.09. The highest BCUT2D eigenvalue weighted by Crippen LogP contribution is 2.25. The molecule has 0 unspecified atom stereocenters. The van der Waals surface area contributed by atoms with Gasteiger partial charge in [-0.15, -0.1) is 6.58 Å². The van der Waals surface area contributed by atoms with Crippen molar-refractivity contribution < 1.29 is 22.3 Å². The highest BCUT2D eigenvalue weighted by molar-refractivity contribution is 7.89. The van der Waals surface area contributed by atoms with Crippen LogP contribution in [0, 0.1) is 5.82 Å². The van der Waals surface area contributed by atoms with Crippen LogP contribution in [0.1, 0.15) is 23.7 Å². The summed E-state index contributed by atoms with van der Waals surface area (Å²) in [5, 5.41) is 2.66. The van der Waals surface area contributed by atoms with Gasteiger partial charge in [-0.25, -0.2) is 17.5 Å². The number of rotatable bonds is 9. The lowest BCUT2D eigenvalue weighted by Crippen LogP contribution is -2.25. The monoisotopic (exact) mass is 392 g/mol. The van der Waals surface area contributed by atoms with Gasteiger partial charge in [0, 0.05) is 12.1 Å². The van der Waals surface area contributed by atoms with Gasteiger partial charge in [0.2, 0.25) is 10.0 Å². The maximum Gasteiger partial charge on any atom is 0.255 e. The number of hydrogen-bond acceptors (Lipinski definition) is 4. The van der Waals surface area contributed by atoms with Gasteiger partial charge < -0.3 is 10.1 Å². The molecular weight excluding hydrogens is 371 g/mol. The fraction of sp³-hybridized carbons (Fsp3) is 0.211. The molecule has 144 valence electrons. The van der Waals surface area contributed by atoms with Crippen molar-refractivity contribution in [3.8, 4) is 5.75 Å². The third kappa shape index (κ3) is 5.38. The molecule has 0 bridgehead atoms. The van der Waals surface area contributed by atoms with E-state index in [2.05, 4.69) is 16.6 Å². The van der Waals surface area contributed by atoms with Crippen LogP contribution in [-0.2, 0) is 10.0 Å². The average Bonchev–Trinajstić information content (AvgIpc) is 2.66. The van der Waals surface area contributed by atoms with E-state index in [0.717, 1.165) is 18.6 Å². The summed E-state index contributed by atoms with van der Waals surface area (Å²) in [5.74, 6) is -1.03. The van der Waals surface area contributed by atoms with E-state index in [-0.39, 0.29) is 12.1 Å². The Morgan fingerprint density at radius 1 is 1.26 bits per heavy atom. The van der Waals surface area contributed by atoms with Gasteiger partial charge in [-0.05, 0) is 36.8 Å². The van der Waals surface area contributed by atoms with Gasteiger partial charge in [0.05, 0.1) is 12.3 Å². The zero-order chi connectivity index (χ0) is 19.9. The van der Waals surface area contributed by atoms with Crippen molar-refractivity contribution in [3.63, 3.8) is 0 Å². The fourth-order valence-electron chi connectivity index (χ4n) is 2.20. The van der Waals surface area contributed by atoms with Gasteiger partial charge in [0.1, 0.15) is 16.5 Å². The van der Waals surface area contributed by atoms with Gasteiger partial charge in [-0.2, -0.15) is 0 Å². The van der Waals surface area contributed by atoms with E-state index in [1.54, 1.807) is 24.3 Å². The minimum atomic E-state index is -4.10. The Balaban J connectivity index is 2.28. The minimum absolute atomic E-state index is 0.000623. The molecule has 0 fully saturated rings. The van der Waals surface area contributed by atoms with E-state index in [4.69, 9.17) is 4.74 Å². The number of nitrogens with one attached hydrogen (secondary N) is 2. The van der Waals surface area contributed by atoms with E-state index in [1.165, 1.54) is 12.1 Å². The van der Waals surface area contributed by atoms with Crippen molar-refractivity contribution in [2.24, 2.45) is 0 Å². The van der Waals surface area contributed by atoms with E-state index in [0.29, 0.717) is 18.0 Å². The first kappa shape index (κ1) is 20.6. The molecule has 0 radical (unpaired) electrons. The molecule has 2 aromatic carbocycles. The van der Waals surface area contributed by atoms with Crippen LogP contribution in [0.25, 0.3) is 0 Å². The smallest absolute Gasteiger partial charge is 0.255 e. The number of para-hydroxylation sites is 2. The lowest BCUT2D eigenvalue weighted by Gasteiger charge is -2.13. The molecule has 0 spiro atoms. The molecule has 1 amide bonds. The fourth-order valence-corrected chi connectivity index (χ4v) is 3.30. The summed E-state index contributed by atoms with van der Waals surface area (Å²) in [5.41, 5.74) is 0.440. The molecule has 8 heteroatoms. The number of carbonyl (C=O) groups is 1. The summed E-state index contributed by atoms with van der Waals surface area (Å²) >= 11 is 0. The Bertz CT molecular complexity index is 929. The molecule has 0 aliphatic heterocycles. The molecule has 6 nitrogen and oxygen atoms in total. The number of benzene rings is 2. The molecule has 0 aliphatic rings. The Hall–Kier alpha value is -2.71. The van der Waals surface area contributed by atoms with E-state index >= 15 is 0 Å². The third-order valence-electron chi connectivity index (χ3n) is 3.50. The maximum absolute atomic E-state index is 14.0. The number of ether oxygens (including phenoxy) is 1. The van der Waals surface area contributed by atoms with Crippen molar-refractivity contribution >= 4 is 21.6 Å². The van der Waals surface area contributed by atoms with Crippen molar-refractivity contribution in [3.05, 3.63) is 66.5 Å². The molecule has 0 atom stereocenters. The number of carbonyl (C=O) groups excluding carboxylic acids is 1. The first-order valence-electron chi connectivity index (χ1n) is 8.32. The van der Waals surface area contributed by atoms with Crippen LogP contribution < -0.4 is 14.8 Å². The molecule has 2 rings (SSSR count). The normalized spacial score (nSPS) is 11.0. The molecule has 0 heterocycles. The largest absolute Gasteiger partial charge is 0.491 e. The van der Waals surface area contributed by atoms with E-state index < -0.39 is 26.6 Å². The van der Waals surface area contributed by atoms with Crippen LogP contribution >= 0.6 is 0 Å². The van der Waals surface area contributed by atoms with Crippen LogP contribution in [-0.4, -0.2) is 27.5 Å². The van der Waals surface area contributed by atoms with Crippen LogP contribution in [0.5, 0.6) is 5.75 Å². The number of sulfonamides is 1. The van der Waals surface area contributed by atoms with Crippen LogP contribution in [0.3, 0.4) is 0 Å². The molecular formula is C19H21FN2O4S. The summed E-state index contributed by atoms with van der Waals surface area (Å²) in [6, 6.07) is 10.0. The van der Waals surface area contributed by atoms with Crippen molar-refractivity contribution in [1.82, 2.24) is 4.72 Å². The lowest BCUT2D eigenvalue weighted by atomic mass is 10.2. The van der Waals surface area contributed by atoms with Gasteiger partial charge >= 0.3 is 0 Å². The Labute approximate surface area is 158 Å². The molecule has 27 heavy (non-hydrogen) atoms. The predicted octanol–water partition coefficient (Wildman–Crippen LogP) is 3.33. The maximum atomic E-state index is 14.0. The zero-order valence-corrected chi connectivity index (χ0v) is 15.7. The van der Waals surface area contributed by atoms with Crippen LogP contribution in [0.2, 0.25) is 0 Å². The SMILES string of the molecule is C=CCNS(=O)(=O)c1cc(C(=O)Nc2ccccc2OCCC)ccc1F. The third-order valence-corrected chi connectivity index (χ3v) is 4.94. The molecule has 0 saturated heterocycles. The second-order valence-electron chi connectivity index (χ2n) is 5.58. The van der Waals surface area contributed by atoms with Crippen molar-refractivity contribution in [2.45, 2.75) is 18.2 Å². The number of halogens is 1. The summed E-state index contributed by atoms with van der Waals surface area (Å²) < 4.78 is 46.1. The first-order chi connectivity index (χ1) is 12.9. The quantitative estimate of drug-likeness (QED) is 0.641. The average molecular weight is 392 g/mol. The number of hydrogen-bond donors (Lipinski definition) is 2. The summed E-state index contributed by atoms with van der Waals surface area (Å²) in [6.45, 7) is 5.80.